The summed E-state index contributed by atoms with van der Waals surface area (Å²) in [5.41, 5.74) is 4.08. The Bertz CT molecular complexity index is 649. The van der Waals surface area contributed by atoms with Gasteiger partial charge in [-0.3, -0.25) is 0 Å². The highest BCUT2D eigenvalue weighted by atomic mass is 15.1. The molecule has 1 saturated heterocycles. The van der Waals surface area contributed by atoms with Gasteiger partial charge in [0.1, 0.15) is 0 Å². The maximum Gasteiger partial charge on any atom is 0.159 e. The van der Waals surface area contributed by atoms with Crippen LogP contribution in [0.3, 0.4) is 0 Å². The van der Waals surface area contributed by atoms with Gasteiger partial charge in [-0.2, -0.15) is 0 Å². The van der Waals surface area contributed by atoms with Gasteiger partial charge in [0.25, 0.3) is 0 Å². The van der Waals surface area contributed by atoms with Crippen molar-refractivity contribution in [3.63, 3.8) is 0 Å². The third kappa shape index (κ3) is 2.16. The number of aryl methyl sites for hydroxylation is 1. The number of hydrogen-bond acceptors (Lipinski definition) is 3. The maximum absolute atomic E-state index is 5.00. The van der Waals surface area contributed by atoms with Crippen LogP contribution in [0.1, 0.15) is 30.5 Å². The zero-order valence-corrected chi connectivity index (χ0v) is 12.5. The van der Waals surface area contributed by atoms with Crippen LogP contribution in [0.2, 0.25) is 0 Å². The summed E-state index contributed by atoms with van der Waals surface area (Å²) >= 11 is 0. The third-order valence-corrected chi connectivity index (χ3v) is 5.04. The van der Waals surface area contributed by atoms with Crippen molar-refractivity contribution in [1.82, 2.24) is 14.9 Å². The average Bonchev–Trinajstić information content (AvgIpc) is 2.86. The Morgan fingerprint density at radius 3 is 2.81 bits per heavy atom. The van der Waals surface area contributed by atoms with Crippen molar-refractivity contribution in [3.05, 3.63) is 47.8 Å². The monoisotopic (exact) mass is 279 g/mol. The molecule has 1 aliphatic heterocycles. The van der Waals surface area contributed by atoms with E-state index in [-0.39, 0.29) is 5.41 Å². The molecule has 4 rings (SSSR count). The summed E-state index contributed by atoms with van der Waals surface area (Å²) in [7, 11) is 2.23. The highest BCUT2D eigenvalue weighted by Gasteiger charge is 2.42. The molecular formula is C18H21N3. The van der Waals surface area contributed by atoms with Gasteiger partial charge in [0.15, 0.2) is 5.82 Å². The molecule has 1 aromatic carbocycles. The van der Waals surface area contributed by atoms with Crippen LogP contribution in [0, 0.1) is 0 Å². The van der Waals surface area contributed by atoms with Gasteiger partial charge in [-0.05, 0) is 44.8 Å². The van der Waals surface area contributed by atoms with Gasteiger partial charge >= 0.3 is 0 Å². The fourth-order valence-electron chi connectivity index (χ4n) is 4.03. The van der Waals surface area contributed by atoms with E-state index < -0.39 is 0 Å². The number of benzene rings is 1. The number of fused-ring (bicyclic) bond motifs is 2. The molecule has 2 aromatic rings. The summed E-state index contributed by atoms with van der Waals surface area (Å²) in [6, 6.07) is 10.3. The summed E-state index contributed by atoms with van der Waals surface area (Å²) in [5.74, 6) is 0.879. The smallest absolute Gasteiger partial charge is 0.159 e. The average molecular weight is 279 g/mol. The Morgan fingerprint density at radius 1 is 1.14 bits per heavy atom. The van der Waals surface area contributed by atoms with Gasteiger partial charge in [0.05, 0.1) is 5.69 Å². The Kier molecular flexibility index (Phi) is 3.03. The molecule has 1 fully saturated rings. The second-order valence-electron chi connectivity index (χ2n) is 6.56. The van der Waals surface area contributed by atoms with E-state index in [4.69, 9.17) is 4.98 Å². The zero-order valence-electron chi connectivity index (χ0n) is 12.5. The number of nitrogens with zero attached hydrogens (tertiary/aromatic N) is 3. The Labute approximate surface area is 126 Å². The number of hydrogen-bond donors (Lipinski definition) is 0. The Hall–Kier alpha value is -1.74. The first-order chi connectivity index (χ1) is 10.3. The summed E-state index contributed by atoms with van der Waals surface area (Å²) in [6.45, 7) is 2.36. The van der Waals surface area contributed by atoms with Crippen molar-refractivity contribution in [2.24, 2.45) is 0 Å². The van der Waals surface area contributed by atoms with Crippen molar-refractivity contribution in [2.45, 2.75) is 31.1 Å². The van der Waals surface area contributed by atoms with Crippen molar-refractivity contribution in [1.29, 1.82) is 0 Å². The molecule has 0 bridgehead atoms. The molecule has 1 unspecified atom stereocenters. The number of likely N-dealkylation sites (tertiary alicyclic amines) is 1. The minimum absolute atomic E-state index is 0.273. The lowest BCUT2D eigenvalue weighted by molar-refractivity contribution is 0.172. The minimum Gasteiger partial charge on any atom is -0.305 e. The van der Waals surface area contributed by atoms with Gasteiger partial charge in [-0.25, -0.2) is 9.97 Å². The van der Waals surface area contributed by atoms with Crippen molar-refractivity contribution >= 4 is 0 Å². The molecule has 1 spiro atoms. The second kappa shape index (κ2) is 4.92. The van der Waals surface area contributed by atoms with Crippen LogP contribution >= 0.6 is 0 Å². The quantitative estimate of drug-likeness (QED) is 0.803. The predicted molar refractivity (Wildman–Crippen MR) is 84.2 cm³/mol. The van der Waals surface area contributed by atoms with E-state index in [1.165, 1.54) is 37.1 Å². The van der Waals surface area contributed by atoms with Crippen molar-refractivity contribution in [3.8, 4) is 11.4 Å². The summed E-state index contributed by atoms with van der Waals surface area (Å²) in [6.07, 6.45) is 6.99. The zero-order chi connectivity index (χ0) is 14.3. The number of likely N-dealkylation sites (N-methyl/N-ethyl adjacent to an activating group) is 1. The lowest BCUT2D eigenvalue weighted by Gasteiger charge is -2.38. The van der Waals surface area contributed by atoms with Gasteiger partial charge in [0, 0.05) is 23.7 Å². The van der Waals surface area contributed by atoms with Gasteiger partial charge in [-0.1, -0.05) is 30.3 Å². The lowest BCUT2D eigenvalue weighted by atomic mass is 9.77. The van der Waals surface area contributed by atoms with E-state index in [1.807, 2.05) is 6.07 Å². The number of rotatable bonds is 1. The fourth-order valence-corrected chi connectivity index (χ4v) is 4.03. The summed E-state index contributed by atoms with van der Waals surface area (Å²) in [4.78, 5) is 12.1. The second-order valence-corrected chi connectivity index (χ2v) is 6.56. The first kappa shape index (κ1) is 13.0. The summed E-state index contributed by atoms with van der Waals surface area (Å²) in [5, 5.41) is 0. The molecule has 0 saturated carbocycles. The minimum atomic E-state index is 0.273. The van der Waals surface area contributed by atoms with Crippen LogP contribution in [-0.2, 0) is 11.8 Å². The molecule has 2 aliphatic rings. The SMILES string of the molecule is CN1CCCC2(CCc3cnc(-c4ccccc4)nc32)C1. The van der Waals surface area contributed by atoms with Crippen molar-refractivity contribution in [2.75, 3.05) is 20.1 Å². The highest BCUT2D eigenvalue weighted by molar-refractivity contribution is 5.55. The molecule has 21 heavy (non-hydrogen) atoms. The van der Waals surface area contributed by atoms with Gasteiger partial charge in [-0.15, -0.1) is 0 Å². The van der Waals surface area contributed by atoms with Gasteiger partial charge in [0.2, 0.25) is 0 Å². The predicted octanol–water partition coefficient (Wildman–Crippen LogP) is 3.05. The van der Waals surface area contributed by atoms with Crippen LogP contribution < -0.4 is 0 Å². The van der Waals surface area contributed by atoms with E-state index in [0.29, 0.717) is 0 Å². The normalized spacial score (nSPS) is 25.2. The van der Waals surface area contributed by atoms with E-state index in [0.717, 1.165) is 24.4 Å². The van der Waals surface area contributed by atoms with Crippen molar-refractivity contribution < 1.29 is 0 Å². The molecule has 1 aromatic heterocycles. The molecular weight excluding hydrogens is 258 g/mol. The highest BCUT2D eigenvalue weighted by Crippen LogP contribution is 2.43. The number of piperidine rings is 1. The molecule has 1 aliphatic carbocycles. The molecule has 3 heteroatoms. The molecule has 108 valence electrons. The van der Waals surface area contributed by atoms with Crippen LogP contribution in [0.4, 0.5) is 0 Å². The summed E-state index contributed by atoms with van der Waals surface area (Å²) < 4.78 is 0. The largest absolute Gasteiger partial charge is 0.305 e. The third-order valence-electron chi connectivity index (χ3n) is 5.04. The molecule has 3 nitrogen and oxygen atoms in total. The van der Waals surface area contributed by atoms with E-state index in [9.17, 15) is 0 Å². The molecule has 0 radical (unpaired) electrons. The van der Waals surface area contributed by atoms with Gasteiger partial charge < -0.3 is 4.90 Å². The number of aromatic nitrogens is 2. The topological polar surface area (TPSA) is 29.0 Å². The maximum atomic E-state index is 5.00. The molecule has 0 N–H and O–H groups in total. The van der Waals surface area contributed by atoms with Crippen LogP contribution in [-0.4, -0.2) is 35.0 Å². The first-order valence-corrected chi connectivity index (χ1v) is 7.87. The van der Waals surface area contributed by atoms with E-state index in [1.54, 1.807) is 0 Å². The molecule has 1 atom stereocenters. The van der Waals surface area contributed by atoms with Crippen LogP contribution in [0.25, 0.3) is 11.4 Å². The fraction of sp³-hybridized carbons (Fsp3) is 0.444. The Morgan fingerprint density at radius 2 is 2.00 bits per heavy atom. The Balaban J connectivity index is 1.77. The van der Waals surface area contributed by atoms with E-state index >= 15 is 0 Å². The standard InChI is InChI=1S/C18H21N3/c1-21-11-5-9-18(13-21)10-8-15-12-19-17(20-16(15)18)14-6-3-2-4-7-14/h2-4,6-7,12H,5,8-11,13H2,1H3. The van der Waals surface area contributed by atoms with Crippen LogP contribution in [0.5, 0.6) is 0 Å². The molecule has 2 heterocycles. The first-order valence-electron chi connectivity index (χ1n) is 7.87. The van der Waals surface area contributed by atoms with Crippen LogP contribution in [0.15, 0.2) is 36.5 Å². The van der Waals surface area contributed by atoms with E-state index in [2.05, 4.69) is 47.4 Å². The molecule has 0 amide bonds. The lowest BCUT2D eigenvalue weighted by Crippen LogP contribution is -2.43.